The molecule has 0 spiro atoms. The van der Waals surface area contributed by atoms with E-state index in [1.807, 2.05) is 6.92 Å². The largest absolute Gasteiger partial charge is 0.481 e. The summed E-state index contributed by atoms with van der Waals surface area (Å²) in [7, 11) is 0. The van der Waals surface area contributed by atoms with E-state index in [0.717, 1.165) is 5.56 Å². The van der Waals surface area contributed by atoms with Gasteiger partial charge in [0.2, 0.25) is 5.91 Å². The Balaban J connectivity index is 2.04. The van der Waals surface area contributed by atoms with Gasteiger partial charge in [-0.3, -0.25) is 9.59 Å². The first-order valence-corrected chi connectivity index (χ1v) is 6.32. The number of aryl methyl sites for hydroxylation is 2. The summed E-state index contributed by atoms with van der Waals surface area (Å²) in [5, 5.41) is 12.9. The molecule has 1 amide bonds. The van der Waals surface area contributed by atoms with Crippen LogP contribution in [-0.2, 0) is 16.0 Å². The molecule has 1 N–H and O–H groups in total. The highest BCUT2D eigenvalue weighted by molar-refractivity contribution is 5.81. The third-order valence-corrected chi connectivity index (χ3v) is 3.79. The van der Waals surface area contributed by atoms with Gasteiger partial charge in [0.15, 0.2) is 0 Å². The number of amides is 1. The van der Waals surface area contributed by atoms with E-state index < -0.39 is 11.9 Å². The summed E-state index contributed by atoms with van der Waals surface area (Å²) in [6.45, 7) is 6.22. The molecular formula is C13H18N2O4. The number of aromatic nitrogens is 1. The minimum absolute atomic E-state index is 0.00822. The van der Waals surface area contributed by atoms with Crippen molar-refractivity contribution in [2.24, 2.45) is 11.8 Å². The third-order valence-electron chi connectivity index (χ3n) is 3.79. The maximum absolute atomic E-state index is 12.2. The van der Waals surface area contributed by atoms with Crippen molar-refractivity contribution >= 4 is 11.9 Å². The lowest BCUT2D eigenvalue weighted by atomic mass is 9.99. The fraction of sp³-hybridized carbons (Fsp3) is 0.615. The zero-order valence-electron chi connectivity index (χ0n) is 11.3. The SMILES string of the molecule is Cc1noc(C)c1CC(=O)N1C[C@@H](C)[C@H](C(=O)O)C1. The molecule has 1 aliphatic heterocycles. The topological polar surface area (TPSA) is 83.6 Å². The van der Waals surface area contributed by atoms with Crippen molar-refractivity contribution in [3.8, 4) is 0 Å². The monoisotopic (exact) mass is 266 g/mol. The predicted molar refractivity (Wildman–Crippen MR) is 66.6 cm³/mol. The Kier molecular flexibility index (Phi) is 3.59. The number of nitrogens with zero attached hydrogens (tertiary/aromatic N) is 2. The van der Waals surface area contributed by atoms with Crippen LogP contribution >= 0.6 is 0 Å². The van der Waals surface area contributed by atoms with Gasteiger partial charge in [0.1, 0.15) is 5.76 Å². The van der Waals surface area contributed by atoms with Crippen LogP contribution < -0.4 is 0 Å². The maximum Gasteiger partial charge on any atom is 0.308 e. The first kappa shape index (κ1) is 13.6. The average Bonchev–Trinajstić information content (AvgIpc) is 2.86. The minimum atomic E-state index is -0.833. The molecule has 2 atom stereocenters. The molecule has 104 valence electrons. The summed E-state index contributed by atoms with van der Waals surface area (Å²) in [4.78, 5) is 24.9. The van der Waals surface area contributed by atoms with Gasteiger partial charge in [-0.25, -0.2) is 0 Å². The summed E-state index contributed by atoms with van der Waals surface area (Å²) >= 11 is 0. The molecule has 19 heavy (non-hydrogen) atoms. The van der Waals surface area contributed by atoms with Crippen LogP contribution in [-0.4, -0.2) is 40.1 Å². The van der Waals surface area contributed by atoms with Crippen molar-refractivity contribution in [3.05, 3.63) is 17.0 Å². The molecule has 0 aromatic carbocycles. The minimum Gasteiger partial charge on any atom is -0.481 e. The molecule has 1 aliphatic rings. The van der Waals surface area contributed by atoms with Gasteiger partial charge in [-0.15, -0.1) is 0 Å². The molecular weight excluding hydrogens is 248 g/mol. The second-order valence-electron chi connectivity index (χ2n) is 5.20. The van der Waals surface area contributed by atoms with Crippen LogP contribution in [0.1, 0.15) is 23.9 Å². The summed E-state index contributed by atoms with van der Waals surface area (Å²) in [5.74, 6) is -0.724. The van der Waals surface area contributed by atoms with Gasteiger partial charge >= 0.3 is 5.97 Å². The molecule has 6 nitrogen and oxygen atoms in total. The molecule has 0 bridgehead atoms. The third kappa shape index (κ3) is 2.62. The van der Waals surface area contributed by atoms with Crippen LogP contribution in [0.3, 0.4) is 0 Å². The fourth-order valence-corrected chi connectivity index (χ4v) is 2.51. The van der Waals surface area contributed by atoms with Crippen molar-refractivity contribution < 1.29 is 19.2 Å². The van der Waals surface area contributed by atoms with Crippen molar-refractivity contribution in [1.29, 1.82) is 0 Å². The summed E-state index contributed by atoms with van der Waals surface area (Å²) in [6.07, 6.45) is 0.222. The van der Waals surface area contributed by atoms with Crippen molar-refractivity contribution in [2.45, 2.75) is 27.2 Å². The number of carboxylic acid groups (broad SMARTS) is 1. The summed E-state index contributed by atoms with van der Waals surface area (Å²) in [5.41, 5.74) is 1.52. The van der Waals surface area contributed by atoms with Gasteiger partial charge in [0.05, 0.1) is 18.0 Å². The summed E-state index contributed by atoms with van der Waals surface area (Å²) in [6, 6.07) is 0. The number of hydrogen-bond donors (Lipinski definition) is 1. The first-order valence-electron chi connectivity index (χ1n) is 6.32. The molecule has 2 heterocycles. The Labute approximate surface area is 111 Å². The van der Waals surface area contributed by atoms with Gasteiger partial charge < -0.3 is 14.5 Å². The highest BCUT2D eigenvalue weighted by Crippen LogP contribution is 2.24. The molecule has 1 aromatic heterocycles. The van der Waals surface area contributed by atoms with Gasteiger partial charge in [-0.1, -0.05) is 12.1 Å². The average molecular weight is 266 g/mol. The Morgan fingerprint density at radius 1 is 1.42 bits per heavy atom. The Hall–Kier alpha value is -1.85. The Bertz CT molecular complexity index is 489. The van der Waals surface area contributed by atoms with Crippen molar-refractivity contribution in [3.63, 3.8) is 0 Å². The molecule has 1 aromatic rings. The highest BCUT2D eigenvalue weighted by atomic mass is 16.5. The number of rotatable bonds is 3. The highest BCUT2D eigenvalue weighted by Gasteiger charge is 2.37. The van der Waals surface area contributed by atoms with E-state index in [2.05, 4.69) is 5.16 Å². The second-order valence-corrected chi connectivity index (χ2v) is 5.20. The van der Waals surface area contributed by atoms with Crippen molar-refractivity contribution in [1.82, 2.24) is 10.1 Å². The van der Waals surface area contributed by atoms with Crippen LogP contribution in [0.25, 0.3) is 0 Å². The number of aliphatic carboxylic acids is 1. The van der Waals surface area contributed by atoms with Gasteiger partial charge in [-0.05, 0) is 19.8 Å². The number of hydrogen-bond acceptors (Lipinski definition) is 4. The lowest BCUT2D eigenvalue weighted by Gasteiger charge is -2.15. The van der Waals surface area contributed by atoms with E-state index in [-0.39, 0.29) is 18.2 Å². The van der Waals surface area contributed by atoms with E-state index in [4.69, 9.17) is 9.63 Å². The van der Waals surface area contributed by atoms with E-state index in [0.29, 0.717) is 24.5 Å². The lowest BCUT2D eigenvalue weighted by Crippen LogP contribution is -2.31. The van der Waals surface area contributed by atoms with E-state index in [9.17, 15) is 9.59 Å². The maximum atomic E-state index is 12.2. The van der Waals surface area contributed by atoms with Gasteiger partial charge in [0.25, 0.3) is 0 Å². The first-order chi connectivity index (χ1) is 8.90. The fourth-order valence-electron chi connectivity index (χ4n) is 2.51. The van der Waals surface area contributed by atoms with Gasteiger partial charge in [0, 0.05) is 18.7 Å². The predicted octanol–water partition coefficient (Wildman–Crippen LogP) is 1.01. The second kappa shape index (κ2) is 5.03. The van der Waals surface area contributed by atoms with Gasteiger partial charge in [-0.2, -0.15) is 0 Å². The number of carboxylic acids is 1. The van der Waals surface area contributed by atoms with Crippen LogP contribution in [0.4, 0.5) is 0 Å². The van der Waals surface area contributed by atoms with Crippen LogP contribution in [0.15, 0.2) is 4.52 Å². The van der Waals surface area contributed by atoms with Crippen molar-refractivity contribution in [2.75, 3.05) is 13.1 Å². The zero-order chi connectivity index (χ0) is 14.2. The van der Waals surface area contributed by atoms with E-state index in [1.165, 1.54) is 0 Å². The van der Waals surface area contributed by atoms with Crippen LogP contribution in [0.5, 0.6) is 0 Å². The smallest absolute Gasteiger partial charge is 0.308 e. The van der Waals surface area contributed by atoms with E-state index in [1.54, 1.807) is 18.7 Å². The molecule has 6 heteroatoms. The molecule has 0 unspecified atom stereocenters. The molecule has 1 saturated heterocycles. The Morgan fingerprint density at radius 2 is 2.11 bits per heavy atom. The standard InChI is InChI=1S/C13H18N2O4/c1-7-5-15(6-11(7)13(17)18)12(16)4-10-8(2)14-19-9(10)3/h7,11H,4-6H2,1-3H3,(H,17,18)/t7-,11-/m1/s1. The number of carbonyl (C=O) groups is 2. The van der Waals surface area contributed by atoms with E-state index >= 15 is 0 Å². The van der Waals surface area contributed by atoms with Crippen LogP contribution in [0, 0.1) is 25.7 Å². The molecule has 0 saturated carbocycles. The number of likely N-dealkylation sites (tertiary alicyclic amines) is 1. The quantitative estimate of drug-likeness (QED) is 0.882. The Morgan fingerprint density at radius 3 is 2.58 bits per heavy atom. The number of carbonyl (C=O) groups excluding carboxylic acids is 1. The lowest BCUT2D eigenvalue weighted by molar-refractivity contribution is -0.142. The zero-order valence-corrected chi connectivity index (χ0v) is 11.3. The molecule has 2 rings (SSSR count). The van der Waals surface area contributed by atoms with Crippen LogP contribution in [0.2, 0.25) is 0 Å². The normalized spacial score (nSPS) is 22.8. The molecule has 0 radical (unpaired) electrons. The summed E-state index contributed by atoms with van der Waals surface area (Å²) < 4.78 is 5.02. The molecule has 1 fully saturated rings. The molecule has 0 aliphatic carbocycles.